The summed E-state index contributed by atoms with van der Waals surface area (Å²) in [6.45, 7) is 9.35. The van der Waals surface area contributed by atoms with E-state index in [1.807, 2.05) is 4.90 Å². The van der Waals surface area contributed by atoms with Crippen LogP contribution in [0.1, 0.15) is 6.92 Å². The van der Waals surface area contributed by atoms with E-state index in [0.29, 0.717) is 13.2 Å². The molecule has 0 bridgehead atoms. The van der Waals surface area contributed by atoms with Crippen molar-refractivity contribution in [3.05, 3.63) is 0 Å². The Bertz CT molecular complexity index is 305. The average molecular weight is 253 g/mol. The highest BCUT2D eigenvalue weighted by molar-refractivity contribution is 5.81. The smallest absolute Gasteiger partial charge is 0.239 e. The van der Waals surface area contributed by atoms with Gasteiger partial charge in [-0.2, -0.15) is 0 Å². The van der Waals surface area contributed by atoms with Crippen LogP contribution in [0.4, 0.5) is 0 Å². The van der Waals surface area contributed by atoms with Crippen molar-refractivity contribution in [1.82, 2.24) is 15.1 Å². The molecule has 3 atom stereocenters. The van der Waals surface area contributed by atoms with Crippen LogP contribution in [-0.4, -0.2) is 74.2 Å². The quantitative estimate of drug-likeness (QED) is 0.713. The summed E-state index contributed by atoms with van der Waals surface area (Å²) in [5.74, 6) is 1.79. The molecule has 5 heteroatoms. The highest BCUT2D eigenvalue weighted by atomic mass is 16.5. The van der Waals surface area contributed by atoms with Crippen LogP contribution in [0.25, 0.3) is 0 Å². The number of hydrogen-bond donors (Lipinski definition) is 1. The highest BCUT2D eigenvalue weighted by Crippen LogP contribution is 2.28. The van der Waals surface area contributed by atoms with Crippen LogP contribution < -0.4 is 5.32 Å². The first-order chi connectivity index (χ1) is 8.75. The van der Waals surface area contributed by atoms with Gasteiger partial charge in [-0.3, -0.25) is 9.69 Å². The maximum atomic E-state index is 12.4. The Morgan fingerprint density at radius 1 is 1.22 bits per heavy atom. The Kier molecular flexibility index (Phi) is 3.54. The molecular formula is C13H23N3O2. The fourth-order valence-electron chi connectivity index (χ4n) is 3.41. The molecular weight excluding hydrogens is 230 g/mol. The molecule has 0 aromatic rings. The Morgan fingerprint density at radius 3 is 2.44 bits per heavy atom. The first kappa shape index (κ1) is 12.4. The third-order valence-corrected chi connectivity index (χ3v) is 4.65. The van der Waals surface area contributed by atoms with Crippen LogP contribution in [-0.2, 0) is 9.53 Å². The fraction of sp³-hybridized carbons (Fsp3) is 0.923. The highest BCUT2D eigenvalue weighted by Gasteiger charge is 2.40. The normalized spacial score (nSPS) is 34.6. The van der Waals surface area contributed by atoms with E-state index in [4.69, 9.17) is 4.74 Å². The monoisotopic (exact) mass is 253 g/mol. The standard InChI is InChI=1S/C13H23N3O2/c1-10(13(17)15-2-4-18-5-3-15)16-8-11-6-14-7-12(11)9-16/h10-12,14H,2-9H2,1H3/t10?,11-,12+. The maximum Gasteiger partial charge on any atom is 0.239 e. The van der Waals surface area contributed by atoms with Gasteiger partial charge in [0.2, 0.25) is 5.91 Å². The minimum absolute atomic E-state index is 0.0358. The average Bonchev–Trinajstić information content (AvgIpc) is 2.99. The summed E-state index contributed by atoms with van der Waals surface area (Å²) in [4.78, 5) is 16.7. The number of fused-ring (bicyclic) bond motifs is 1. The zero-order valence-corrected chi connectivity index (χ0v) is 11.1. The van der Waals surface area contributed by atoms with E-state index in [2.05, 4.69) is 17.1 Å². The van der Waals surface area contributed by atoms with Gasteiger partial charge in [0, 0.05) is 26.2 Å². The number of carbonyl (C=O) groups is 1. The first-order valence-electron chi connectivity index (χ1n) is 7.07. The molecule has 5 nitrogen and oxygen atoms in total. The van der Waals surface area contributed by atoms with Crippen molar-refractivity contribution in [2.75, 3.05) is 52.5 Å². The Labute approximate surface area is 108 Å². The van der Waals surface area contributed by atoms with Crippen molar-refractivity contribution in [2.45, 2.75) is 13.0 Å². The van der Waals surface area contributed by atoms with E-state index in [1.54, 1.807) is 0 Å². The second-order valence-corrected chi connectivity index (χ2v) is 5.75. The molecule has 102 valence electrons. The first-order valence-corrected chi connectivity index (χ1v) is 7.07. The molecule has 3 aliphatic rings. The number of morpholine rings is 1. The molecule has 1 unspecified atom stereocenters. The number of likely N-dealkylation sites (tertiary alicyclic amines) is 1. The summed E-state index contributed by atoms with van der Waals surface area (Å²) in [6, 6.07) is 0.0358. The van der Waals surface area contributed by atoms with Crippen LogP contribution in [0, 0.1) is 11.8 Å². The Balaban J connectivity index is 1.57. The molecule has 18 heavy (non-hydrogen) atoms. The van der Waals surface area contributed by atoms with Crippen molar-refractivity contribution < 1.29 is 9.53 Å². The van der Waals surface area contributed by atoms with Crippen molar-refractivity contribution >= 4 is 5.91 Å². The molecule has 0 saturated carbocycles. The molecule has 0 aliphatic carbocycles. The van der Waals surface area contributed by atoms with E-state index >= 15 is 0 Å². The van der Waals surface area contributed by atoms with Gasteiger partial charge in [0.1, 0.15) is 0 Å². The van der Waals surface area contributed by atoms with Gasteiger partial charge in [0.25, 0.3) is 0 Å². The van der Waals surface area contributed by atoms with Crippen LogP contribution in [0.5, 0.6) is 0 Å². The number of hydrogen-bond acceptors (Lipinski definition) is 4. The summed E-state index contributed by atoms with van der Waals surface area (Å²) in [6.07, 6.45) is 0. The molecule has 3 aliphatic heterocycles. The van der Waals surface area contributed by atoms with Crippen molar-refractivity contribution in [3.8, 4) is 0 Å². The van der Waals surface area contributed by atoms with Crippen LogP contribution >= 0.6 is 0 Å². The molecule has 3 heterocycles. The predicted molar refractivity (Wildman–Crippen MR) is 68.3 cm³/mol. The zero-order chi connectivity index (χ0) is 12.5. The largest absolute Gasteiger partial charge is 0.378 e. The molecule has 1 amide bonds. The van der Waals surface area contributed by atoms with Gasteiger partial charge in [-0.05, 0) is 31.8 Å². The summed E-state index contributed by atoms with van der Waals surface area (Å²) >= 11 is 0. The Hall–Kier alpha value is -0.650. The molecule has 0 aromatic heterocycles. The molecule has 0 radical (unpaired) electrons. The van der Waals surface area contributed by atoms with Gasteiger partial charge < -0.3 is 15.0 Å². The number of nitrogens with one attached hydrogen (secondary N) is 1. The van der Waals surface area contributed by atoms with Crippen LogP contribution in [0.15, 0.2) is 0 Å². The molecule has 3 fully saturated rings. The lowest BCUT2D eigenvalue weighted by atomic mass is 10.0. The number of rotatable bonds is 2. The lowest BCUT2D eigenvalue weighted by Crippen LogP contribution is -2.50. The lowest BCUT2D eigenvalue weighted by Gasteiger charge is -2.33. The molecule has 1 N–H and O–H groups in total. The minimum atomic E-state index is 0.0358. The second-order valence-electron chi connectivity index (χ2n) is 5.75. The molecule has 0 aromatic carbocycles. The van der Waals surface area contributed by atoms with Gasteiger partial charge in [0.05, 0.1) is 19.3 Å². The van der Waals surface area contributed by atoms with E-state index in [-0.39, 0.29) is 11.9 Å². The van der Waals surface area contributed by atoms with Crippen LogP contribution in [0.2, 0.25) is 0 Å². The number of nitrogens with zero attached hydrogens (tertiary/aromatic N) is 2. The van der Waals surface area contributed by atoms with Crippen molar-refractivity contribution in [1.29, 1.82) is 0 Å². The second kappa shape index (κ2) is 5.15. The predicted octanol–water partition coefficient (Wildman–Crippen LogP) is -0.615. The van der Waals surface area contributed by atoms with E-state index in [9.17, 15) is 4.79 Å². The minimum Gasteiger partial charge on any atom is -0.378 e. The summed E-state index contributed by atoms with van der Waals surface area (Å²) < 4.78 is 5.30. The topological polar surface area (TPSA) is 44.8 Å². The summed E-state index contributed by atoms with van der Waals surface area (Å²) in [5, 5.41) is 3.44. The zero-order valence-electron chi connectivity index (χ0n) is 11.1. The van der Waals surface area contributed by atoms with Gasteiger partial charge in [-0.1, -0.05) is 0 Å². The number of amides is 1. The van der Waals surface area contributed by atoms with E-state index in [0.717, 1.165) is 51.1 Å². The van der Waals surface area contributed by atoms with Gasteiger partial charge in [-0.15, -0.1) is 0 Å². The van der Waals surface area contributed by atoms with Gasteiger partial charge in [-0.25, -0.2) is 0 Å². The third kappa shape index (κ3) is 2.27. The lowest BCUT2D eigenvalue weighted by molar-refractivity contribution is -0.140. The number of ether oxygens (including phenoxy) is 1. The number of carbonyl (C=O) groups excluding carboxylic acids is 1. The molecule has 3 rings (SSSR count). The Morgan fingerprint density at radius 2 is 1.83 bits per heavy atom. The van der Waals surface area contributed by atoms with Crippen molar-refractivity contribution in [3.63, 3.8) is 0 Å². The summed E-state index contributed by atoms with van der Waals surface area (Å²) in [7, 11) is 0. The SMILES string of the molecule is CC(C(=O)N1CCOCC1)N1C[C@H]2CNC[C@H]2C1. The molecule has 0 spiro atoms. The van der Waals surface area contributed by atoms with E-state index < -0.39 is 0 Å². The van der Waals surface area contributed by atoms with Crippen molar-refractivity contribution in [2.24, 2.45) is 11.8 Å². The van der Waals surface area contributed by atoms with Gasteiger partial charge >= 0.3 is 0 Å². The van der Waals surface area contributed by atoms with Crippen LogP contribution in [0.3, 0.4) is 0 Å². The summed E-state index contributed by atoms with van der Waals surface area (Å²) in [5.41, 5.74) is 0. The van der Waals surface area contributed by atoms with Gasteiger partial charge in [0.15, 0.2) is 0 Å². The van der Waals surface area contributed by atoms with E-state index in [1.165, 1.54) is 0 Å². The maximum absolute atomic E-state index is 12.4. The fourth-order valence-corrected chi connectivity index (χ4v) is 3.41. The molecule has 3 saturated heterocycles. The third-order valence-electron chi connectivity index (χ3n) is 4.65.